The van der Waals surface area contributed by atoms with E-state index < -0.39 is 10.2 Å². The molecule has 1 aliphatic rings. The first-order valence-corrected chi connectivity index (χ1v) is 10.2. The van der Waals surface area contributed by atoms with Gasteiger partial charge in [0.25, 0.3) is 10.2 Å². The van der Waals surface area contributed by atoms with E-state index in [-0.39, 0.29) is 12.6 Å². The number of thiazole rings is 1. The zero-order valence-electron chi connectivity index (χ0n) is 13.1. The van der Waals surface area contributed by atoms with E-state index >= 15 is 0 Å². The summed E-state index contributed by atoms with van der Waals surface area (Å²) in [6.07, 6.45) is 0.535. The quantitative estimate of drug-likeness (QED) is 0.839. The minimum atomic E-state index is -3.44. The average Bonchev–Trinajstić information content (AvgIpc) is 3.14. The Morgan fingerprint density at radius 2 is 2.17 bits per heavy atom. The van der Waals surface area contributed by atoms with E-state index in [4.69, 9.17) is 0 Å². The molecule has 0 spiro atoms. The molecule has 2 N–H and O–H groups in total. The zero-order valence-corrected chi connectivity index (χ0v) is 15.6. The van der Waals surface area contributed by atoms with Crippen LogP contribution in [0.4, 0.5) is 14.9 Å². The van der Waals surface area contributed by atoms with E-state index in [0.717, 1.165) is 15.6 Å². The van der Waals surface area contributed by atoms with Crippen LogP contribution in [0, 0.1) is 0 Å². The standard InChI is InChI=1S/C13H17N5O3S3/c1-17(2)24(20,21)18-6-5-9-10(8-18)23-13(14-9)16-12(19)15-11-4-3-7-22-11/h3-4,7H,5-6,8H2,1-2H3,(H2,14,15,16,19). The van der Waals surface area contributed by atoms with E-state index in [0.29, 0.717) is 18.1 Å². The van der Waals surface area contributed by atoms with Crippen LogP contribution >= 0.6 is 22.7 Å². The van der Waals surface area contributed by atoms with Gasteiger partial charge < -0.3 is 0 Å². The number of fused-ring (bicyclic) bond motifs is 1. The molecule has 0 unspecified atom stereocenters. The molecule has 2 aromatic heterocycles. The van der Waals surface area contributed by atoms with Crippen molar-refractivity contribution in [3.8, 4) is 0 Å². The van der Waals surface area contributed by atoms with Crippen LogP contribution in [0.1, 0.15) is 10.6 Å². The molecule has 8 nitrogen and oxygen atoms in total. The largest absolute Gasteiger partial charge is 0.326 e. The monoisotopic (exact) mass is 387 g/mol. The SMILES string of the molecule is CN(C)S(=O)(=O)N1CCc2nc(NC(=O)Nc3cccs3)sc2C1. The van der Waals surface area contributed by atoms with Gasteiger partial charge in [-0.15, -0.1) is 11.3 Å². The fourth-order valence-corrected chi connectivity index (χ4v) is 5.03. The van der Waals surface area contributed by atoms with Gasteiger partial charge in [0.05, 0.1) is 17.2 Å². The predicted octanol–water partition coefficient (Wildman–Crippen LogP) is 2.01. The van der Waals surface area contributed by atoms with Gasteiger partial charge in [-0.05, 0) is 17.5 Å². The highest BCUT2D eigenvalue weighted by molar-refractivity contribution is 7.86. The number of urea groups is 1. The van der Waals surface area contributed by atoms with Crippen molar-refractivity contribution in [3.05, 3.63) is 28.1 Å². The van der Waals surface area contributed by atoms with Crippen molar-refractivity contribution in [2.75, 3.05) is 31.3 Å². The maximum absolute atomic E-state index is 12.2. The van der Waals surface area contributed by atoms with Gasteiger partial charge in [0, 0.05) is 31.9 Å². The van der Waals surface area contributed by atoms with Crippen molar-refractivity contribution in [2.45, 2.75) is 13.0 Å². The number of carbonyl (C=O) groups excluding carboxylic acids is 1. The molecule has 1 aliphatic heterocycles. The molecule has 0 aromatic carbocycles. The summed E-state index contributed by atoms with van der Waals surface area (Å²) in [7, 11) is -0.417. The van der Waals surface area contributed by atoms with Gasteiger partial charge in [-0.3, -0.25) is 10.6 Å². The van der Waals surface area contributed by atoms with Crippen LogP contribution in [0.2, 0.25) is 0 Å². The van der Waals surface area contributed by atoms with Crippen LogP contribution in [0.3, 0.4) is 0 Å². The first kappa shape index (κ1) is 17.3. The molecule has 0 aliphatic carbocycles. The number of thiophene rings is 1. The number of carbonyl (C=O) groups is 1. The molecule has 3 heterocycles. The highest BCUT2D eigenvalue weighted by atomic mass is 32.2. The lowest BCUT2D eigenvalue weighted by Gasteiger charge is -2.27. The average molecular weight is 388 g/mol. The van der Waals surface area contributed by atoms with Crippen molar-refractivity contribution < 1.29 is 13.2 Å². The van der Waals surface area contributed by atoms with Gasteiger partial charge in [0.1, 0.15) is 0 Å². The fourth-order valence-electron chi connectivity index (χ4n) is 2.24. The van der Waals surface area contributed by atoms with E-state index in [1.807, 2.05) is 11.4 Å². The maximum Gasteiger partial charge on any atom is 0.326 e. The summed E-state index contributed by atoms with van der Waals surface area (Å²) < 4.78 is 27.1. The zero-order chi connectivity index (χ0) is 17.3. The van der Waals surface area contributed by atoms with Gasteiger partial charge in [-0.25, -0.2) is 9.78 Å². The van der Waals surface area contributed by atoms with Crippen LogP contribution < -0.4 is 10.6 Å². The molecule has 0 radical (unpaired) electrons. The van der Waals surface area contributed by atoms with E-state index in [1.165, 1.54) is 45.4 Å². The van der Waals surface area contributed by atoms with Crippen LogP contribution in [0.15, 0.2) is 17.5 Å². The number of hydrogen-bond acceptors (Lipinski definition) is 6. The number of rotatable bonds is 4. The summed E-state index contributed by atoms with van der Waals surface area (Å²) in [4.78, 5) is 17.2. The Bertz CT molecular complexity index is 829. The minimum absolute atomic E-state index is 0.280. The Labute approximate surface area is 148 Å². The van der Waals surface area contributed by atoms with Gasteiger partial charge in [0.15, 0.2) is 5.13 Å². The predicted molar refractivity (Wildman–Crippen MR) is 95.8 cm³/mol. The molecular formula is C13H17N5O3S3. The van der Waals surface area contributed by atoms with Crippen molar-refractivity contribution in [3.63, 3.8) is 0 Å². The summed E-state index contributed by atoms with van der Waals surface area (Å²) in [5.74, 6) is 0. The van der Waals surface area contributed by atoms with Crippen molar-refractivity contribution in [1.29, 1.82) is 0 Å². The smallest absolute Gasteiger partial charge is 0.299 e. The molecule has 2 aromatic rings. The molecule has 2 amide bonds. The number of nitrogens with one attached hydrogen (secondary N) is 2. The highest BCUT2D eigenvalue weighted by Crippen LogP contribution is 2.30. The molecule has 11 heteroatoms. The van der Waals surface area contributed by atoms with Crippen LogP contribution in [0.25, 0.3) is 0 Å². The third kappa shape index (κ3) is 3.59. The maximum atomic E-state index is 12.2. The molecule has 0 atom stereocenters. The number of nitrogens with zero attached hydrogens (tertiary/aromatic N) is 3. The third-order valence-electron chi connectivity index (χ3n) is 3.46. The molecule has 24 heavy (non-hydrogen) atoms. The molecule has 130 valence electrons. The van der Waals surface area contributed by atoms with E-state index in [2.05, 4.69) is 15.6 Å². The van der Waals surface area contributed by atoms with Crippen molar-refractivity contribution in [1.82, 2.24) is 13.6 Å². The second-order valence-electron chi connectivity index (χ2n) is 5.32. The van der Waals surface area contributed by atoms with Crippen molar-refractivity contribution >= 4 is 49.0 Å². The normalized spacial score (nSPS) is 15.3. The second kappa shape index (κ2) is 6.76. The Balaban J connectivity index is 1.68. The summed E-state index contributed by atoms with van der Waals surface area (Å²) in [5, 5.41) is 8.51. The van der Waals surface area contributed by atoms with E-state index in [1.54, 1.807) is 6.07 Å². The molecule has 0 bridgehead atoms. The second-order valence-corrected chi connectivity index (χ2v) is 9.49. The number of anilines is 2. The first-order valence-electron chi connectivity index (χ1n) is 7.14. The summed E-state index contributed by atoms with van der Waals surface area (Å²) in [6, 6.07) is 3.30. The molecule has 0 saturated carbocycles. The number of amides is 2. The van der Waals surface area contributed by atoms with Gasteiger partial charge in [0.2, 0.25) is 0 Å². The molecule has 3 rings (SSSR count). The Morgan fingerprint density at radius 3 is 2.83 bits per heavy atom. The van der Waals surface area contributed by atoms with Gasteiger partial charge in [-0.1, -0.05) is 11.3 Å². The Kier molecular flexibility index (Phi) is 4.88. The van der Waals surface area contributed by atoms with Crippen LogP contribution in [-0.2, 0) is 23.2 Å². The fraction of sp³-hybridized carbons (Fsp3) is 0.385. The highest BCUT2D eigenvalue weighted by Gasteiger charge is 2.30. The van der Waals surface area contributed by atoms with Crippen molar-refractivity contribution in [2.24, 2.45) is 0 Å². The Morgan fingerprint density at radius 1 is 1.38 bits per heavy atom. The van der Waals surface area contributed by atoms with Gasteiger partial charge in [-0.2, -0.15) is 17.0 Å². The summed E-state index contributed by atoms with van der Waals surface area (Å²) >= 11 is 2.73. The van der Waals surface area contributed by atoms with Crippen LogP contribution in [-0.4, -0.2) is 48.7 Å². The lowest BCUT2D eigenvalue weighted by Crippen LogP contribution is -2.42. The van der Waals surface area contributed by atoms with E-state index in [9.17, 15) is 13.2 Å². The summed E-state index contributed by atoms with van der Waals surface area (Å²) in [6.45, 7) is 0.666. The lowest BCUT2D eigenvalue weighted by molar-refractivity contribution is 0.262. The van der Waals surface area contributed by atoms with Crippen LogP contribution in [0.5, 0.6) is 0 Å². The Hall–Kier alpha value is -1.53. The molecular weight excluding hydrogens is 370 g/mol. The number of aromatic nitrogens is 1. The number of hydrogen-bond donors (Lipinski definition) is 2. The molecule has 0 saturated heterocycles. The topological polar surface area (TPSA) is 94.6 Å². The summed E-state index contributed by atoms with van der Waals surface area (Å²) in [5.41, 5.74) is 0.844. The molecule has 0 fully saturated rings. The lowest BCUT2D eigenvalue weighted by atomic mass is 10.2. The third-order valence-corrected chi connectivity index (χ3v) is 7.13. The van der Waals surface area contributed by atoms with Gasteiger partial charge >= 0.3 is 6.03 Å². The first-order chi connectivity index (χ1) is 11.4. The minimum Gasteiger partial charge on any atom is -0.299 e.